The van der Waals surface area contributed by atoms with E-state index in [0.717, 1.165) is 72.9 Å². The molecule has 6 rings (SSSR count). The molecule has 42 heavy (non-hydrogen) atoms. The van der Waals surface area contributed by atoms with E-state index in [9.17, 15) is 0 Å². The molecule has 2 fully saturated rings. The molecular weight excluding hydrogens is 571 g/mol. The van der Waals surface area contributed by atoms with Crippen LogP contribution in [-0.4, -0.2) is 70.1 Å². The van der Waals surface area contributed by atoms with Gasteiger partial charge in [-0.1, -0.05) is 59.6 Å². The van der Waals surface area contributed by atoms with Gasteiger partial charge < -0.3 is 9.47 Å². The number of aromatic nitrogens is 4. The van der Waals surface area contributed by atoms with Crippen molar-refractivity contribution in [3.8, 4) is 45.4 Å². The van der Waals surface area contributed by atoms with Crippen LogP contribution in [0.5, 0.6) is 11.8 Å². The Bertz CT molecular complexity index is 1450. The predicted molar refractivity (Wildman–Crippen MR) is 166 cm³/mol. The largest absolute Gasteiger partial charge is 0.480 e. The van der Waals surface area contributed by atoms with Crippen molar-refractivity contribution < 1.29 is 9.47 Å². The molecule has 2 aromatic carbocycles. The lowest BCUT2D eigenvalue weighted by atomic mass is 9.98. The maximum absolute atomic E-state index is 7.04. The SMILES string of the molecule is COc1nc(-c2cccc(-c3cccc(-c4cnc(CN5CCCC5)c(OC)n4)c3Cl)c2Cl)cnc1CN1CCCC1. The Balaban J connectivity index is 1.32. The number of nitrogens with zero attached hydrogens (tertiary/aromatic N) is 6. The summed E-state index contributed by atoms with van der Waals surface area (Å²) >= 11 is 14.1. The molecule has 4 heterocycles. The molecule has 0 bridgehead atoms. The van der Waals surface area contributed by atoms with Crippen LogP contribution in [-0.2, 0) is 13.1 Å². The highest BCUT2D eigenvalue weighted by Gasteiger charge is 2.21. The van der Waals surface area contributed by atoms with Gasteiger partial charge in [-0.25, -0.2) is 9.97 Å². The van der Waals surface area contributed by atoms with Gasteiger partial charge in [0.2, 0.25) is 11.8 Å². The molecule has 8 nitrogen and oxygen atoms in total. The molecular formula is C32H34Cl2N6O2. The van der Waals surface area contributed by atoms with Crippen LogP contribution in [0, 0.1) is 0 Å². The summed E-state index contributed by atoms with van der Waals surface area (Å²) in [5.41, 5.74) is 6.01. The van der Waals surface area contributed by atoms with E-state index < -0.39 is 0 Å². The van der Waals surface area contributed by atoms with Gasteiger partial charge in [0.1, 0.15) is 11.4 Å². The maximum atomic E-state index is 7.04. The molecule has 0 amide bonds. The summed E-state index contributed by atoms with van der Waals surface area (Å²) in [6, 6.07) is 11.7. The van der Waals surface area contributed by atoms with E-state index in [1.54, 1.807) is 26.6 Å². The fourth-order valence-electron chi connectivity index (χ4n) is 5.78. The minimum atomic E-state index is 0.515. The number of hydrogen-bond donors (Lipinski definition) is 0. The molecule has 0 aliphatic carbocycles. The van der Waals surface area contributed by atoms with Crippen molar-refractivity contribution in [2.75, 3.05) is 40.4 Å². The summed E-state index contributed by atoms with van der Waals surface area (Å²) in [7, 11) is 3.25. The van der Waals surface area contributed by atoms with Crippen LogP contribution in [0.15, 0.2) is 48.8 Å². The molecule has 0 unspecified atom stereocenters. The van der Waals surface area contributed by atoms with E-state index in [-0.39, 0.29) is 0 Å². The normalized spacial score (nSPS) is 15.8. The second-order valence-electron chi connectivity index (χ2n) is 10.7. The highest BCUT2D eigenvalue weighted by molar-refractivity contribution is 6.39. The van der Waals surface area contributed by atoms with Crippen molar-refractivity contribution >= 4 is 23.2 Å². The van der Waals surface area contributed by atoms with Crippen molar-refractivity contribution in [3.63, 3.8) is 0 Å². The summed E-state index contributed by atoms with van der Waals surface area (Å²) in [6.45, 7) is 5.73. The van der Waals surface area contributed by atoms with Gasteiger partial charge in [-0.05, 0) is 51.9 Å². The van der Waals surface area contributed by atoms with Crippen LogP contribution in [0.25, 0.3) is 33.6 Å². The van der Waals surface area contributed by atoms with Crippen LogP contribution >= 0.6 is 23.2 Å². The lowest BCUT2D eigenvalue weighted by molar-refractivity contribution is 0.312. The standard InChI is InChI=1S/C32H34Cl2N6O2/c1-41-31-27(19-39-13-3-4-14-39)35-17-25(37-31)23-11-7-9-21(29(23)33)22-10-8-12-24(30(22)34)26-18-36-28(32(38-26)42-2)20-40-15-5-6-16-40/h7-12,17-18H,3-6,13-16,19-20H2,1-2H3. The number of methoxy groups -OCH3 is 2. The van der Waals surface area contributed by atoms with Gasteiger partial charge >= 0.3 is 0 Å². The van der Waals surface area contributed by atoms with Crippen LogP contribution in [0.1, 0.15) is 37.1 Å². The summed E-state index contributed by atoms with van der Waals surface area (Å²) in [6.07, 6.45) is 8.38. The van der Waals surface area contributed by atoms with Crippen molar-refractivity contribution in [3.05, 3.63) is 70.2 Å². The smallest absolute Gasteiger partial charge is 0.237 e. The first kappa shape index (κ1) is 28.8. The molecule has 2 aliphatic rings. The number of rotatable bonds is 9. The number of halogens is 2. The van der Waals surface area contributed by atoms with Crippen molar-refractivity contribution in [2.24, 2.45) is 0 Å². The highest BCUT2D eigenvalue weighted by atomic mass is 35.5. The van der Waals surface area contributed by atoms with Crippen molar-refractivity contribution in [2.45, 2.75) is 38.8 Å². The third-order valence-electron chi connectivity index (χ3n) is 7.99. The molecule has 10 heteroatoms. The highest BCUT2D eigenvalue weighted by Crippen LogP contribution is 2.42. The fraction of sp³-hybridized carbons (Fsp3) is 0.375. The zero-order valence-electron chi connectivity index (χ0n) is 23.9. The second kappa shape index (κ2) is 12.9. The number of ether oxygens (including phenoxy) is 2. The third-order valence-corrected chi connectivity index (χ3v) is 8.81. The third kappa shape index (κ3) is 5.95. The zero-order chi connectivity index (χ0) is 29.1. The van der Waals surface area contributed by atoms with Crippen LogP contribution < -0.4 is 9.47 Å². The Labute approximate surface area is 256 Å². The lowest BCUT2D eigenvalue weighted by Gasteiger charge is -2.17. The quantitative estimate of drug-likeness (QED) is 0.207. The molecule has 0 radical (unpaired) electrons. The zero-order valence-corrected chi connectivity index (χ0v) is 25.5. The molecule has 0 saturated carbocycles. The summed E-state index contributed by atoms with van der Waals surface area (Å²) < 4.78 is 11.3. The van der Waals surface area contributed by atoms with E-state index in [1.807, 2.05) is 36.4 Å². The Hall–Kier alpha value is -3.30. The maximum Gasteiger partial charge on any atom is 0.237 e. The Morgan fingerprint density at radius 1 is 0.619 bits per heavy atom. The van der Waals surface area contributed by atoms with Gasteiger partial charge in [0.15, 0.2) is 0 Å². The topological polar surface area (TPSA) is 76.5 Å². The molecule has 0 spiro atoms. The monoisotopic (exact) mass is 604 g/mol. The summed E-state index contributed by atoms with van der Waals surface area (Å²) in [5.74, 6) is 1.03. The summed E-state index contributed by atoms with van der Waals surface area (Å²) in [5, 5.41) is 1.06. The van der Waals surface area contributed by atoms with Crippen LogP contribution in [0.3, 0.4) is 0 Å². The first-order chi connectivity index (χ1) is 20.6. The molecule has 4 aromatic rings. The van der Waals surface area contributed by atoms with Crippen LogP contribution in [0.2, 0.25) is 10.0 Å². The lowest BCUT2D eigenvalue weighted by Crippen LogP contribution is -2.20. The van der Waals surface area contributed by atoms with Gasteiger partial charge in [0.05, 0.1) is 48.0 Å². The van der Waals surface area contributed by atoms with E-state index in [2.05, 4.69) is 9.80 Å². The van der Waals surface area contributed by atoms with Gasteiger partial charge in [-0.15, -0.1) is 0 Å². The number of benzene rings is 2. The first-order valence-corrected chi connectivity index (χ1v) is 15.1. The Morgan fingerprint density at radius 3 is 1.38 bits per heavy atom. The number of hydrogen-bond acceptors (Lipinski definition) is 8. The van der Waals surface area contributed by atoms with E-state index in [4.69, 9.17) is 52.6 Å². The molecule has 2 aliphatic heterocycles. The second-order valence-corrected chi connectivity index (χ2v) is 11.5. The molecule has 2 aromatic heterocycles. The van der Waals surface area contributed by atoms with Gasteiger partial charge in [0, 0.05) is 35.3 Å². The predicted octanol–water partition coefficient (Wildman–Crippen LogP) is 6.78. The first-order valence-electron chi connectivity index (χ1n) is 14.4. The van der Waals surface area contributed by atoms with E-state index in [0.29, 0.717) is 33.2 Å². The van der Waals surface area contributed by atoms with Crippen LogP contribution in [0.4, 0.5) is 0 Å². The molecule has 0 atom stereocenters. The Morgan fingerprint density at radius 2 is 1.00 bits per heavy atom. The number of likely N-dealkylation sites (tertiary alicyclic amines) is 2. The fourth-order valence-corrected chi connectivity index (χ4v) is 6.43. The summed E-state index contributed by atoms with van der Waals surface area (Å²) in [4.78, 5) is 23.7. The van der Waals surface area contributed by atoms with Crippen molar-refractivity contribution in [1.82, 2.24) is 29.7 Å². The molecule has 0 N–H and O–H groups in total. The average Bonchev–Trinajstić information content (AvgIpc) is 3.73. The minimum Gasteiger partial charge on any atom is -0.480 e. The average molecular weight is 606 g/mol. The van der Waals surface area contributed by atoms with Gasteiger partial charge in [-0.3, -0.25) is 19.8 Å². The van der Waals surface area contributed by atoms with E-state index in [1.165, 1.54) is 25.7 Å². The van der Waals surface area contributed by atoms with Gasteiger partial charge in [0.25, 0.3) is 0 Å². The van der Waals surface area contributed by atoms with Crippen molar-refractivity contribution in [1.29, 1.82) is 0 Å². The minimum absolute atomic E-state index is 0.515. The van der Waals surface area contributed by atoms with E-state index >= 15 is 0 Å². The molecule has 2 saturated heterocycles. The molecule has 218 valence electrons. The van der Waals surface area contributed by atoms with Gasteiger partial charge in [-0.2, -0.15) is 0 Å². The Kier molecular flexibility index (Phi) is 8.86.